The van der Waals surface area contributed by atoms with Crippen molar-refractivity contribution in [3.8, 4) is 5.75 Å². The molecule has 0 atom stereocenters. The molecule has 10 nitrogen and oxygen atoms in total. The van der Waals surface area contributed by atoms with Gasteiger partial charge >= 0.3 is 0 Å². The number of carbonyl (C=O) groups excluding carboxylic acids is 3. The molecule has 3 amide bonds. The molecule has 2 aromatic carbocycles. The highest BCUT2D eigenvalue weighted by atomic mass is 16.5. The second-order valence-corrected chi connectivity index (χ2v) is 10.2. The number of nitrogens with zero attached hydrogens (tertiary/aromatic N) is 4. The predicted octanol–water partition coefficient (Wildman–Crippen LogP) is 3.13. The monoisotopic (exact) mass is 556 g/mol. The summed E-state index contributed by atoms with van der Waals surface area (Å²) in [5.74, 6) is 0.194. The van der Waals surface area contributed by atoms with Gasteiger partial charge in [-0.2, -0.15) is 0 Å². The van der Waals surface area contributed by atoms with Crippen molar-refractivity contribution in [3.63, 3.8) is 0 Å². The quantitative estimate of drug-likeness (QED) is 0.481. The zero-order valence-corrected chi connectivity index (χ0v) is 23.3. The Hall–Kier alpha value is -4.44. The summed E-state index contributed by atoms with van der Waals surface area (Å²) >= 11 is 0. The number of hydrogen-bond donors (Lipinski definition) is 2. The predicted molar refractivity (Wildman–Crippen MR) is 158 cm³/mol. The van der Waals surface area contributed by atoms with Gasteiger partial charge in [-0.05, 0) is 67.9 Å². The fourth-order valence-corrected chi connectivity index (χ4v) is 5.27. The molecule has 0 bridgehead atoms. The van der Waals surface area contributed by atoms with Gasteiger partial charge in [0.1, 0.15) is 5.75 Å². The molecule has 3 heterocycles. The highest BCUT2D eigenvalue weighted by Crippen LogP contribution is 2.30. The Balaban J connectivity index is 1.40. The highest BCUT2D eigenvalue weighted by molar-refractivity contribution is 6.07. The minimum atomic E-state index is -0.295. The molecule has 2 aliphatic heterocycles. The molecule has 10 heteroatoms. The van der Waals surface area contributed by atoms with E-state index in [1.54, 1.807) is 62.0 Å². The van der Waals surface area contributed by atoms with Gasteiger partial charge in [-0.15, -0.1) is 0 Å². The number of pyridine rings is 1. The number of hydrogen-bond acceptors (Lipinski definition) is 7. The lowest BCUT2D eigenvalue weighted by atomic mass is 10.1. The number of ether oxygens (including phenoxy) is 1. The molecule has 2 fully saturated rings. The second kappa shape index (κ2) is 13.3. The van der Waals surface area contributed by atoms with E-state index in [2.05, 4.69) is 20.5 Å². The Labute approximate surface area is 240 Å². The zero-order chi connectivity index (χ0) is 28.6. The van der Waals surface area contributed by atoms with Crippen molar-refractivity contribution in [1.82, 2.24) is 20.1 Å². The molecule has 2 saturated heterocycles. The third kappa shape index (κ3) is 6.83. The average molecular weight is 557 g/mol. The van der Waals surface area contributed by atoms with Gasteiger partial charge in [-0.25, -0.2) is 0 Å². The van der Waals surface area contributed by atoms with Crippen LogP contribution in [0.1, 0.15) is 43.9 Å². The number of rotatable bonds is 6. The first-order valence-corrected chi connectivity index (χ1v) is 14.1. The highest BCUT2D eigenvalue weighted by Gasteiger charge is 2.24. The Morgan fingerprint density at radius 3 is 2.44 bits per heavy atom. The first kappa shape index (κ1) is 28.1. The average Bonchev–Trinajstić information content (AvgIpc) is 3.45. The van der Waals surface area contributed by atoms with Crippen LogP contribution in [0, 0.1) is 0 Å². The van der Waals surface area contributed by atoms with Crippen LogP contribution < -0.4 is 20.3 Å². The van der Waals surface area contributed by atoms with Crippen LogP contribution in [-0.2, 0) is 0 Å². The van der Waals surface area contributed by atoms with E-state index in [0.29, 0.717) is 67.4 Å². The van der Waals surface area contributed by atoms with Gasteiger partial charge in [0.25, 0.3) is 17.7 Å². The van der Waals surface area contributed by atoms with Crippen molar-refractivity contribution >= 4 is 29.1 Å². The van der Waals surface area contributed by atoms with Gasteiger partial charge in [0, 0.05) is 69.3 Å². The van der Waals surface area contributed by atoms with E-state index >= 15 is 0 Å². The van der Waals surface area contributed by atoms with Gasteiger partial charge in [0.15, 0.2) is 0 Å². The summed E-state index contributed by atoms with van der Waals surface area (Å²) in [5, 5.41) is 6.39. The van der Waals surface area contributed by atoms with Crippen LogP contribution in [0.3, 0.4) is 0 Å². The molecular formula is C31H36N6O4. The van der Waals surface area contributed by atoms with Crippen molar-refractivity contribution in [1.29, 1.82) is 0 Å². The Morgan fingerprint density at radius 1 is 0.805 bits per heavy atom. The molecule has 3 aromatic rings. The lowest BCUT2D eigenvalue weighted by Crippen LogP contribution is -2.35. The minimum Gasteiger partial charge on any atom is -0.497 e. The minimum absolute atomic E-state index is 0.0422. The Morgan fingerprint density at radius 2 is 1.61 bits per heavy atom. The van der Waals surface area contributed by atoms with Gasteiger partial charge in [0.2, 0.25) is 0 Å². The van der Waals surface area contributed by atoms with E-state index in [9.17, 15) is 14.4 Å². The smallest absolute Gasteiger partial charge is 0.255 e. The third-order valence-corrected chi connectivity index (χ3v) is 7.48. The van der Waals surface area contributed by atoms with Crippen LogP contribution in [0.4, 0.5) is 11.4 Å². The summed E-state index contributed by atoms with van der Waals surface area (Å²) in [6.07, 6.45) is 4.90. The maximum Gasteiger partial charge on any atom is 0.255 e. The van der Waals surface area contributed by atoms with Crippen LogP contribution in [0.5, 0.6) is 5.75 Å². The Bertz CT molecular complexity index is 1370. The number of carbonyl (C=O) groups is 3. The first-order valence-electron chi connectivity index (χ1n) is 14.1. The van der Waals surface area contributed by atoms with E-state index in [-0.39, 0.29) is 17.7 Å². The molecule has 2 N–H and O–H groups in total. The SMILES string of the molecule is COc1cccc(C(=O)Nc2cc(C(=O)N3CCCNCC3)ccc2N2CCCN(C(=O)c3cccnc3)CC2)c1. The second-order valence-electron chi connectivity index (χ2n) is 10.2. The summed E-state index contributed by atoms with van der Waals surface area (Å²) in [4.78, 5) is 49.8. The molecule has 0 radical (unpaired) electrons. The molecule has 0 spiro atoms. The number of anilines is 2. The number of aromatic nitrogens is 1. The molecule has 0 saturated carbocycles. The third-order valence-electron chi connectivity index (χ3n) is 7.48. The van der Waals surface area contributed by atoms with Crippen LogP contribution >= 0.6 is 0 Å². The maximum atomic E-state index is 13.4. The largest absolute Gasteiger partial charge is 0.497 e. The Kier molecular flexibility index (Phi) is 9.10. The van der Waals surface area contributed by atoms with Crippen molar-refractivity contribution < 1.29 is 19.1 Å². The lowest BCUT2D eigenvalue weighted by Gasteiger charge is -2.27. The van der Waals surface area contributed by atoms with Crippen molar-refractivity contribution in [2.45, 2.75) is 12.8 Å². The van der Waals surface area contributed by atoms with Gasteiger partial charge in [-0.3, -0.25) is 19.4 Å². The van der Waals surface area contributed by atoms with Gasteiger partial charge < -0.3 is 30.1 Å². The fourth-order valence-electron chi connectivity index (χ4n) is 5.27. The van der Waals surface area contributed by atoms with E-state index < -0.39 is 0 Å². The molecule has 214 valence electrons. The molecule has 2 aliphatic rings. The number of amides is 3. The number of benzene rings is 2. The van der Waals surface area contributed by atoms with E-state index in [1.807, 2.05) is 21.9 Å². The summed E-state index contributed by atoms with van der Waals surface area (Å²) in [6.45, 7) is 5.40. The summed E-state index contributed by atoms with van der Waals surface area (Å²) in [5.41, 5.74) is 2.92. The van der Waals surface area contributed by atoms with E-state index in [4.69, 9.17) is 4.74 Å². The van der Waals surface area contributed by atoms with Crippen LogP contribution in [0.15, 0.2) is 67.0 Å². The maximum absolute atomic E-state index is 13.4. The number of nitrogens with one attached hydrogen (secondary N) is 2. The van der Waals surface area contributed by atoms with Crippen molar-refractivity contribution in [2.24, 2.45) is 0 Å². The summed E-state index contributed by atoms with van der Waals surface area (Å²) < 4.78 is 5.30. The van der Waals surface area contributed by atoms with Crippen LogP contribution in [0.2, 0.25) is 0 Å². The van der Waals surface area contributed by atoms with E-state index in [1.165, 1.54) is 0 Å². The number of methoxy groups -OCH3 is 1. The molecule has 5 rings (SSSR count). The topological polar surface area (TPSA) is 107 Å². The van der Waals surface area contributed by atoms with Crippen LogP contribution in [0.25, 0.3) is 0 Å². The van der Waals surface area contributed by atoms with Gasteiger partial charge in [-0.1, -0.05) is 6.07 Å². The molecule has 0 unspecified atom stereocenters. The lowest BCUT2D eigenvalue weighted by molar-refractivity contribution is 0.0758. The standard InChI is InChI=1S/C31H36N6O4/c1-41-26-8-2-6-23(20-26)29(38)34-27-21-24(30(39)36-14-4-12-32-13-17-36)9-10-28(27)35-15-5-16-37(19-18-35)31(40)25-7-3-11-33-22-25/h2-3,6-11,20-22,32H,4-5,12-19H2,1H3,(H,34,38). The zero-order valence-electron chi connectivity index (χ0n) is 23.3. The summed E-state index contributed by atoms with van der Waals surface area (Å²) in [6, 6.07) is 16.0. The molecule has 0 aliphatic carbocycles. The molecule has 1 aromatic heterocycles. The normalized spacial score (nSPS) is 16.0. The fraction of sp³-hybridized carbons (Fsp3) is 0.355. The van der Waals surface area contributed by atoms with Crippen LogP contribution in [-0.4, -0.2) is 92.0 Å². The van der Waals surface area contributed by atoms with Crippen molar-refractivity contribution in [3.05, 3.63) is 83.7 Å². The van der Waals surface area contributed by atoms with Crippen molar-refractivity contribution in [2.75, 3.05) is 69.7 Å². The first-order chi connectivity index (χ1) is 20.0. The molecular weight excluding hydrogens is 520 g/mol. The molecule has 41 heavy (non-hydrogen) atoms. The van der Waals surface area contributed by atoms with Gasteiger partial charge in [0.05, 0.1) is 24.0 Å². The van der Waals surface area contributed by atoms with E-state index in [0.717, 1.165) is 31.6 Å². The summed E-state index contributed by atoms with van der Waals surface area (Å²) in [7, 11) is 1.56.